The van der Waals surface area contributed by atoms with E-state index in [4.69, 9.17) is 0 Å². The summed E-state index contributed by atoms with van der Waals surface area (Å²) in [6.45, 7) is 2.36. The van der Waals surface area contributed by atoms with Gasteiger partial charge in [0.25, 0.3) is 0 Å². The van der Waals surface area contributed by atoms with E-state index in [9.17, 15) is 4.79 Å². The van der Waals surface area contributed by atoms with Crippen LogP contribution in [0.25, 0.3) is 0 Å². The second-order valence-electron chi connectivity index (χ2n) is 4.49. The molecule has 5 heteroatoms. The molecule has 1 saturated carbocycles. The van der Waals surface area contributed by atoms with E-state index in [0.717, 1.165) is 28.7 Å². The Labute approximate surface area is 110 Å². The van der Waals surface area contributed by atoms with E-state index >= 15 is 0 Å². The molecule has 1 amide bonds. The minimum Gasteiger partial charge on any atom is -0.352 e. The number of hydrogen-bond donors (Lipinski definition) is 1. The third kappa shape index (κ3) is 3.43. The van der Waals surface area contributed by atoms with E-state index in [0.29, 0.717) is 12.6 Å². The lowest BCUT2D eigenvalue weighted by atomic mass is 10.3. The molecule has 1 aliphatic carbocycles. The lowest BCUT2D eigenvalue weighted by Crippen LogP contribution is -2.36. The van der Waals surface area contributed by atoms with Gasteiger partial charge in [0.2, 0.25) is 5.91 Å². The SMILES string of the molecule is Cc1cc(N(C)CC(=O)NC2CC2)ncc1Br. The van der Waals surface area contributed by atoms with Gasteiger partial charge in [-0.1, -0.05) is 0 Å². The van der Waals surface area contributed by atoms with Crippen molar-refractivity contribution in [3.63, 3.8) is 0 Å². The van der Waals surface area contributed by atoms with E-state index in [2.05, 4.69) is 26.2 Å². The molecule has 17 heavy (non-hydrogen) atoms. The van der Waals surface area contributed by atoms with E-state index in [1.165, 1.54) is 0 Å². The fourth-order valence-electron chi connectivity index (χ4n) is 1.53. The van der Waals surface area contributed by atoms with E-state index in [-0.39, 0.29) is 5.91 Å². The van der Waals surface area contributed by atoms with E-state index in [1.807, 2.05) is 24.9 Å². The third-order valence-corrected chi connectivity index (χ3v) is 3.58. The number of carbonyl (C=O) groups is 1. The Kier molecular flexibility index (Phi) is 3.66. The van der Waals surface area contributed by atoms with Gasteiger partial charge in [-0.3, -0.25) is 4.79 Å². The van der Waals surface area contributed by atoms with Crippen LogP contribution in [0.1, 0.15) is 18.4 Å². The molecule has 0 radical (unpaired) electrons. The first kappa shape index (κ1) is 12.4. The molecule has 0 unspecified atom stereocenters. The Bertz CT molecular complexity index is 432. The van der Waals surface area contributed by atoms with Crippen LogP contribution in [0.4, 0.5) is 5.82 Å². The number of aryl methyl sites for hydroxylation is 1. The Morgan fingerprint density at radius 2 is 2.35 bits per heavy atom. The Balaban J connectivity index is 1.95. The molecule has 4 nitrogen and oxygen atoms in total. The van der Waals surface area contributed by atoms with Gasteiger partial charge in [0.1, 0.15) is 5.82 Å². The lowest BCUT2D eigenvalue weighted by Gasteiger charge is -2.18. The van der Waals surface area contributed by atoms with Crippen LogP contribution in [-0.4, -0.2) is 30.5 Å². The average molecular weight is 298 g/mol. The van der Waals surface area contributed by atoms with Crippen molar-refractivity contribution in [1.29, 1.82) is 0 Å². The molecule has 92 valence electrons. The molecular weight excluding hydrogens is 282 g/mol. The van der Waals surface area contributed by atoms with Gasteiger partial charge < -0.3 is 10.2 Å². The molecule has 0 spiro atoms. The predicted octanol–water partition coefficient (Wildman–Crippen LogP) is 1.87. The predicted molar refractivity (Wildman–Crippen MR) is 71.1 cm³/mol. The fraction of sp³-hybridized carbons (Fsp3) is 0.500. The summed E-state index contributed by atoms with van der Waals surface area (Å²) in [6, 6.07) is 2.38. The Hall–Kier alpha value is -1.10. The van der Waals surface area contributed by atoms with Gasteiger partial charge in [0, 0.05) is 23.8 Å². The number of aromatic nitrogens is 1. The number of halogens is 1. The number of nitrogens with one attached hydrogen (secondary N) is 1. The molecule has 1 aromatic heterocycles. The number of nitrogens with zero attached hydrogens (tertiary/aromatic N) is 2. The first-order chi connectivity index (χ1) is 8.06. The molecule has 1 aliphatic rings. The van der Waals surface area contributed by atoms with Gasteiger partial charge in [-0.15, -0.1) is 0 Å². The molecule has 0 bridgehead atoms. The number of carbonyl (C=O) groups excluding carboxylic acids is 1. The van der Waals surface area contributed by atoms with Crippen LogP contribution in [0.3, 0.4) is 0 Å². The summed E-state index contributed by atoms with van der Waals surface area (Å²) in [4.78, 5) is 17.8. The highest BCUT2D eigenvalue weighted by molar-refractivity contribution is 9.10. The number of anilines is 1. The van der Waals surface area contributed by atoms with Crippen molar-refractivity contribution in [1.82, 2.24) is 10.3 Å². The summed E-state index contributed by atoms with van der Waals surface area (Å²) in [7, 11) is 1.88. The molecular formula is C12H16BrN3O. The zero-order valence-corrected chi connectivity index (χ0v) is 11.6. The zero-order chi connectivity index (χ0) is 12.4. The van der Waals surface area contributed by atoms with Crippen LogP contribution in [-0.2, 0) is 4.79 Å². The van der Waals surface area contributed by atoms with Gasteiger partial charge in [0.05, 0.1) is 6.54 Å². The normalized spacial score (nSPS) is 14.5. The maximum absolute atomic E-state index is 11.6. The van der Waals surface area contributed by atoms with E-state index < -0.39 is 0 Å². The molecule has 1 aromatic rings. The number of pyridine rings is 1. The highest BCUT2D eigenvalue weighted by atomic mass is 79.9. The van der Waals surface area contributed by atoms with Crippen LogP contribution >= 0.6 is 15.9 Å². The largest absolute Gasteiger partial charge is 0.352 e. The molecule has 1 heterocycles. The summed E-state index contributed by atoms with van der Waals surface area (Å²) in [5.74, 6) is 0.883. The van der Waals surface area contributed by atoms with Crippen LogP contribution in [0, 0.1) is 6.92 Å². The molecule has 1 fully saturated rings. The summed E-state index contributed by atoms with van der Waals surface area (Å²) in [5.41, 5.74) is 1.12. The van der Waals surface area contributed by atoms with Crippen molar-refractivity contribution in [3.8, 4) is 0 Å². The summed E-state index contributed by atoms with van der Waals surface area (Å²) >= 11 is 3.41. The number of rotatable bonds is 4. The number of likely N-dealkylation sites (N-methyl/N-ethyl adjacent to an activating group) is 1. The molecule has 2 rings (SSSR count). The Morgan fingerprint density at radius 3 is 2.94 bits per heavy atom. The number of amides is 1. The standard InChI is InChI=1S/C12H16BrN3O/c1-8-5-11(14-6-10(8)13)16(2)7-12(17)15-9-3-4-9/h5-6,9H,3-4,7H2,1-2H3,(H,15,17). The van der Waals surface area contributed by atoms with Crippen molar-refractivity contribution in [2.45, 2.75) is 25.8 Å². The van der Waals surface area contributed by atoms with Gasteiger partial charge in [-0.2, -0.15) is 0 Å². The Morgan fingerprint density at radius 1 is 1.65 bits per heavy atom. The van der Waals surface area contributed by atoms with Crippen LogP contribution in [0.15, 0.2) is 16.7 Å². The number of hydrogen-bond acceptors (Lipinski definition) is 3. The summed E-state index contributed by atoms with van der Waals surface area (Å²) < 4.78 is 0.983. The molecule has 0 aromatic carbocycles. The molecule has 0 aliphatic heterocycles. The second-order valence-corrected chi connectivity index (χ2v) is 5.34. The van der Waals surface area contributed by atoms with Gasteiger partial charge in [0.15, 0.2) is 0 Å². The zero-order valence-electron chi connectivity index (χ0n) is 10.0. The average Bonchev–Trinajstić information content (AvgIpc) is 3.05. The monoisotopic (exact) mass is 297 g/mol. The van der Waals surface area contributed by atoms with Crippen LogP contribution < -0.4 is 10.2 Å². The maximum atomic E-state index is 11.6. The molecule has 1 N–H and O–H groups in total. The van der Waals surface area contributed by atoms with Crippen LogP contribution in [0.5, 0.6) is 0 Å². The quantitative estimate of drug-likeness (QED) is 0.923. The summed E-state index contributed by atoms with van der Waals surface area (Å²) in [5, 5.41) is 2.96. The van der Waals surface area contributed by atoms with Gasteiger partial charge in [-0.25, -0.2) is 4.98 Å². The first-order valence-electron chi connectivity index (χ1n) is 5.69. The highest BCUT2D eigenvalue weighted by Crippen LogP contribution is 2.20. The minimum absolute atomic E-state index is 0.0670. The van der Waals surface area contributed by atoms with Gasteiger partial charge >= 0.3 is 0 Å². The topological polar surface area (TPSA) is 45.2 Å². The minimum atomic E-state index is 0.0670. The molecule has 0 atom stereocenters. The third-order valence-electron chi connectivity index (χ3n) is 2.75. The lowest BCUT2D eigenvalue weighted by molar-refractivity contribution is -0.119. The van der Waals surface area contributed by atoms with Crippen molar-refractivity contribution in [2.75, 3.05) is 18.5 Å². The van der Waals surface area contributed by atoms with Crippen molar-refractivity contribution < 1.29 is 4.79 Å². The van der Waals surface area contributed by atoms with Crippen molar-refractivity contribution in [2.24, 2.45) is 0 Å². The summed E-state index contributed by atoms with van der Waals surface area (Å²) in [6.07, 6.45) is 4.00. The first-order valence-corrected chi connectivity index (χ1v) is 6.48. The van der Waals surface area contributed by atoms with Crippen molar-refractivity contribution >= 4 is 27.7 Å². The molecule has 0 saturated heterocycles. The van der Waals surface area contributed by atoms with Gasteiger partial charge in [-0.05, 0) is 47.3 Å². The van der Waals surface area contributed by atoms with E-state index in [1.54, 1.807) is 6.20 Å². The fourth-order valence-corrected chi connectivity index (χ4v) is 1.75. The van der Waals surface area contributed by atoms with Crippen molar-refractivity contribution in [3.05, 3.63) is 22.3 Å². The smallest absolute Gasteiger partial charge is 0.239 e. The van der Waals surface area contributed by atoms with Crippen LogP contribution in [0.2, 0.25) is 0 Å². The second kappa shape index (κ2) is 5.04. The maximum Gasteiger partial charge on any atom is 0.239 e. The highest BCUT2D eigenvalue weighted by Gasteiger charge is 2.23.